The van der Waals surface area contributed by atoms with Gasteiger partial charge in [0.05, 0.1) is 26.0 Å². The fourth-order valence-corrected chi connectivity index (χ4v) is 4.35. The molecule has 9 heteroatoms. The molecule has 0 radical (unpaired) electrons. The van der Waals surface area contributed by atoms with E-state index in [9.17, 15) is 0 Å². The highest BCUT2D eigenvalue weighted by atomic mass is 16.5. The number of fused-ring (bicyclic) bond motifs is 1. The van der Waals surface area contributed by atoms with Crippen molar-refractivity contribution < 1.29 is 4.74 Å². The van der Waals surface area contributed by atoms with Crippen LogP contribution in [0.5, 0.6) is 5.75 Å². The molecule has 1 fully saturated rings. The lowest BCUT2D eigenvalue weighted by Gasteiger charge is -2.26. The Morgan fingerprint density at radius 3 is 2.72 bits per heavy atom. The molecule has 0 amide bonds. The minimum atomic E-state index is -0.218. The van der Waals surface area contributed by atoms with Crippen LogP contribution in [0, 0.1) is 0 Å². The summed E-state index contributed by atoms with van der Waals surface area (Å²) in [7, 11) is 1.71. The molecule has 0 aliphatic carbocycles. The van der Waals surface area contributed by atoms with Crippen LogP contribution in [0.25, 0.3) is 11.0 Å². The fraction of sp³-hybridized carbons (Fsp3) is 0.522. The van der Waals surface area contributed by atoms with Crippen molar-refractivity contribution in [2.45, 2.75) is 58.3 Å². The van der Waals surface area contributed by atoms with Crippen molar-refractivity contribution in [3.63, 3.8) is 0 Å². The van der Waals surface area contributed by atoms with E-state index in [-0.39, 0.29) is 12.1 Å². The van der Waals surface area contributed by atoms with Gasteiger partial charge in [-0.3, -0.25) is 9.58 Å². The molecule has 3 aromatic rings. The Morgan fingerprint density at radius 2 is 1.97 bits per heavy atom. The number of nitrogens with one attached hydrogen (secondary N) is 1. The Labute approximate surface area is 189 Å². The van der Waals surface area contributed by atoms with E-state index in [1.807, 2.05) is 4.68 Å². The maximum absolute atomic E-state index is 6.20. The molecular weight excluding hydrogens is 404 g/mol. The quantitative estimate of drug-likeness (QED) is 0.436. The molecule has 1 unspecified atom stereocenters. The van der Waals surface area contributed by atoms with Gasteiger partial charge in [-0.05, 0) is 44.0 Å². The summed E-state index contributed by atoms with van der Waals surface area (Å²) in [5, 5.41) is 7.82. The lowest BCUT2D eigenvalue weighted by molar-refractivity contribution is 0.220. The number of nitrogen functional groups attached to an aromatic ring is 1. The molecule has 1 saturated heterocycles. The maximum atomic E-state index is 6.20. The van der Waals surface area contributed by atoms with Crippen LogP contribution in [0.2, 0.25) is 0 Å². The van der Waals surface area contributed by atoms with Crippen molar-refractivity contribution in [3.05, 3.63) is 35.5 Å². The molecule has 0 bridgehead atoms. The number of aromatic nitrogens is 4. The van der Waals surface area contributed by atoms with Crippen LogP contribution in [0.4, 0.5) is 11.8 Å². The van der Waals surface area contributed by atoms with Crippen LogP contribution in [0.3, 0.4) is 0 Å². The average molecular weight is 439 g/mol. The van der Waals surface area contributed by atoms with Gasteiger partial charge in [-0.2, -0.15) is 10.1 Å². The lowest BCUT2D eigenvalue weighted by Crippen LogP contribution is -2.30. The minimum Gasteiger partial charge on any atom is -0.496 e. The molecule has 5 N–H and O–H groups in total. The van der Waals surface area contributed by atoms with E-state index in [1.54, 1.807) is 13.3 Å². The number of likely N-dealkylation sites (tertiary alicyclic amines) is 1. The number of benzene rings is 1. The minimum absolute atomic E-state index is 0.197. The summed E-state index contributed by atoms with van der Waals surface area (Å²) in [4.78, 5) is 11.2. The standard InChI is InChI=1S/C23H34N8O/c1-3-7-20(24)28-22-21-18(27-23(25)29-22)13-26-31(21)15-17-9-8-16(12-19(17)32-2)14-30-10-5-4-6-11-30/h8-9,12-13,20H,3-7,10-11,14-15,24H2,1-2H3,(H3,25,27,28,29). The predicted octanol–water partition coefficient (Wildman–Crippen LogP) is 2.95. The number of ether oxygens (including phenoxy) is 1. The molecule has 0 saturated carbocycles. The molecule has 0 spiro atoms. The van der Waals surface area contributed by atoms with Gasteiger partial charge in [0.1, 0.15) is 16.8 Å². The normalized spacial score (nSPS) is 15.7. The summed E-state index contributed by atoms with van der Waals surface area (Å²) in [5.41, 5.74) is 15.9. The molecule has 4 rings (SSSR count). The molecule has 3 heterocycles. The van der Waals surface area contributed by atoms with E-state index >= 15 is 0 Å². The van der Waals surface area contributed by atoms with Crippen LogP contribution in [-0.2, 0) is 13.1 Å². The topological polar surface area (TPSA) is 120 Å². The summed E-state index contributed by atoms with van der Waals surface area (Å²) in [6, 6.07) is 6.45. The van der Waals surface area contributed by atoms with Crippen LogP contribution in [0.15, 0.2) is 24.4 Å². The third-order valence-corrected chi connectivity index (χ3v) is 5.95. The first kappa shape index (κ1) is 22.3. The number of nitrogens with zero attached hydrogens (tertiary/aromatic N) is 5. The van der Waals surface area contributed by atoms with Crippen LogP contribution < -0.4 is 21.5 Å². The highest BCUT2D eigenvalue weighted by Gasteiger charge is 2.17. The SMILES string of the molecule is CCCC(N)Nc1nc(N)nc2cnn(Cc3ccc(CN4CCCCC4)cc3OC)c12. The summed E-state index contributed by atoms with van der Waals surface area (Å²) in [6.07, 6.45) is 7.19. The molecule has 172 valence electrons. The van der Waals surface area contributed by atoms with Gasteiger partial charge < -0.3 is 21.5 Å². The fourth-order valence-electron chi connectivity index (χ4n) is 4.35. The smallest absolute Gasteiger partial charge is 0.222 e. The Balaban J connectivity index is 1.59. The van der Waals surface area contributed by atoms with Crippen molar-refractivity contribution in [2.75, 3.05) is 31.2 Å². The summed E-state index contributed by atoms with van der Waals surface area (Å²) in [5.74, 6) is 1.66. The third-order valence-electron chi connectivity index (χ3n) is 5.95. The molecule has 2 aromatic heterocycles. The van der Waals surface area contributed by atoms with Crippen molar-refractivity contribution in [2.24, 2.45) is 5.73 Å². The van der Waals surface area contributed by atoms with Gasteiger partial charge in [-0.25, -0.2) is 4.98 Å². The first-order valence-corrected chi connectivity index (χ1v) is 11.5. The zero-order chi connectivity index (χ0) is 22.5. The van der Waals surface area contributed by atoms with Crippen LogP contribution >= 0.6 is 0 Å². The highest BCUT2D eigenvalue weighted by Crippen LogP contribution is 2.27. The number of nitrogens with two attached hydrogens (primary N) is 2. The van der Waals surface area contributed by atoms with Gasteiger partial charge in [-0.15, -0.1) is 0 Å². The Kier molecular flexibility index (Phi) is 7.06. The Bertz CT molecular complexity index is 1040. The van der Waals surface area contributed by atoms with E-state index in [0.29, 0.717) is 17.9 Å². The summed E-state index contributed by atoms with van der Waals surface area (Å²) >= 11 is 0. The highest BCUT2D eigenvalue weighted by molar-refractivity contribution is 5.86. The van der Waals surface area contributed by atoms with Gasteiger partial charge >= 0.3 is 0 Å². The number of rotatable bonds is 9. The zero-order valence-corrected chi connectivity index (χ0v) is 19.0. The second-order valence-corrected chi connectivity index (χ2v) is 8.49. The summed E-state index contributed by atoms with van der Waals surface area (Å²) in [6.45, 7) is 5.92. The average Bonchev–Trinajstić information content (AvgIpc) is 3.18. The van der Waals surface area contributed by atoms with E-state index in [1.165, 1.54) is 37.9 Å². The second-order valence-electron chi connectivity index (χ2n) is 8.49. The van der Waals surface area contributed by atoms with Gasteiger partial charge in [0.15, 0.2) is 5.82 Å². The Hall–Kier alpha value is -2.91. The van der Waals surface area contributed by atoms with E-state index in [0.717, 1.165) is 36.2 Å². The number of hydrogen-bond acceptors (Lipinski definition) is 8. The van der Waals surface area contributed by atoms with Gasteiger partial charge in [0, 0.05) is 12.1 Å². The van der Waals surface area contributed by atoms with E-state index in [2.05, 4.69) is 50.4 Å². The molecule has 1 atom stereocenters. The van der Waals surface area contributed by atoms with Gasteiger partial charge in [0.2, 0.25) is 5.95 Å². The predicted molar refractivity (Wildman–Crippen MR) is 127 cm³/mol. The second kappa shape index (κ2) is 10.1. The molecule has 1 aliphatic heterocycles. The molecule has 1 aliphatic rings. The molecule has 1 aromatic carbocycles. The third kappa shape index (κ3) is 5.11. The molecule has 32 heavy (non-hydrogen) atoms. The van der Waals surface area contributed by atoms with Crippen LogP contribution in [-0.4, -0.2) is 51.0 Å². The molecular formula is C23H34N8O. The Morgan fingerprint density at radius 1 is 1.16 bits per heavy atom. The number of hydrogen-bond donors (Lipinski definition) is 3. The van der Waals surface area contributed by atoms with Crippen molar-refractivity contribution in [1.82, 2.24) is 24.6 Å². The largest absolute Gasteiger partial charge is 0.496 e. The molecule has 9 nitrogen and oxygen atoms in total. The first-order valence-electron chi connectivity index (χ1n) is 11.5. The summed E-state index contributed by atoms with van der Waals surface area (Å²) < 4.78 is 7.61. The van der Waals surface area contributed by atoms with Crippen molar-refractivity contribution in [3.8, 4) is 5.75 Å². The van der Waals surface area contributed by atoms with Gasteiger partial charge in [0.25, 0.3) is 0 Å². The zero-order valence-electron chi connectivity index (χ0n) is 19.0. The van der Waals surface area contributed by atoms with Crippen LogP contribution in [0.1, 0.15) is 50.2 Å². The number of piperidine rings is 1. The first-order chi connectivity index (χ1) is 15.6. The number of methoxy groups -OCH3 is 1. The lowest BCUT2D eigenvalue weighted by atomic mass is 10.1. The number of anilines is 2. The van der Waals surface area contributed by atoms with E-state index < -0.39 is 0 Å². The monoisotopic (exact) mass is 438 g/mol. The van der Waals surface area contributed by atoms with Gasteiger partial charge in [-0.1, -0.05) is 31.9 Å². The van der Waals surface area contributed by atoms with E-state index in [4.69, 9.17) is 16.2 Å². The van der Waals surface area contributed by atoms with Crippen molar-refractivity contribution in [1.29, 1.82) is 0 Å². The van der Waals surface area contributed by atoms with Crippen molar-refractivity contribution >= 4 is 22.8 Å². The maximum Gasteiger partial charge on any atom is 0.222 e.